The fourth-order valence-corrected chi connectivity index (χ4v) is 2.21. The summed E-state index contributed by atoms with van der Waals surface area (Å²) in [5.74, 6) is -0.0248. The van der Waals surface area contributed by atoms with Crippen molar-refractivity contribution in [3.63, 3.8) is 0 Å². The summed E-state index contributed by atoms with van der Waals surface area (Å²) in [5, 5.41) is 9.74. The minimum Gasteiger partial charge on any atom is -0.478 e. The van der Waals surface area contributed by atoms with Gasteiger partial charge in [-0.25, -0.2) is 4.79 Å². The van der Waals surface area contributed by atoms with Crippen LogP contribution in [0.5, 0.6) is 11.5 Å². The summed E-state index contributed by atoms with van der Waals surface area (Å²) in [6, 6.07) is 10.4. The normalized spacial score (nSPS) is 10.8. The van der Waals surface area contributed by atoms with Crippen molar-refractivity contribution in [2.75, 3.05) is 0 Å². The van der Waals surface area contributed by atoms with Gasteiger partial charge in [-0.15, -0.1) is 0 Å². The molecule has 2 aromatic rings. The molecule has 0 saturated heterocycles. The van der Waals surface area contributed by atoms with Crippen molar-refractivity contribution in [3.05, 3.63) is 63.6 Å². The van der Waals surface area contributed by atoms with Gasteiger partial charge in [-0.05, 0) is 42.8 Å². The van der Waals surface area contributed by atoms with Crippen LogP contribution in [0.4, 0.5) is 0 Å². The van der Waals surface area contributed by atoms with Gasteiger partial charge in [0, 0.05) is 16.7 Å². The minimum atomic E-state index is -1.04. The van der Waals surface area contributed by atoms with E-state index in [0.717, 1.165) is 11.6 Å². The molecule has 0 aliphatic heterocycles. The molecule has 21 heavy (non-hydrogen) atoms. The molecular formula is C16H12Cl2O3. The van der Waals surface area contributed by atoms with Gasteiger partial charge >= 0.3 is 5.97 Å². The number of para-hydroxylation sites is 1. The number of carbonyl (C=O) groups is 1. The first-order chi connectivity index (χ1) is 9.97. The van der Waals surface area contributed by atoms with E-state index in [4.69, 9.17) is 33.0 Å². The molecule has 0 spiro atoms. The maximum Gasteiger partial charge on any atom is 0.328 e. The Morgan fingerprint density at radius 1 is 1.24 bits per heavy atom. The fourth-order valence-electron chi connectivity index (χ4n) is 1.76. The number of benzene rings is 2. The van der Waals surface area contributed by atoms with Crippen molar-refractivity contribution in [2.45, 2.75) is 6.92 Å². The summed E-state index contributed by atoms with van der Waals surface area (Å²) in [5.41, 5.74) is 1.44. The van der Waals surface area contributed by atoms with Crippen LogP contribution in [0, 0.1) is 6.92 Å². The van der Waals surface area contributed by atoms with Crippen LogP contribution in [0.15, 0.2) is 42.5 Å². The van der Waals surface area contributed by atoms with Gasteiger partial charge in [-0.3, -0.25) is 0 Å². The summed E-state index contributed by atoms with van der Waals surface area (Å²) < 4.78 is 5.82. The van der Waals surface area contributed by atoms with Gasteiger partial charge in [0.1, 0.15) is 5.75 Å². The molecule has 0 heterocycles. The zero-order valence-electron chi connectivity index (χ0n) is 11.1. The number of ether oxygens (including phenoxy) is 1. The van der Waals surface area contributed by atoms with E-state index < -0.39 is 5.97 Å². The number of aryl methyl sites for hydroxylation is 1. The monoisotopic (exact) mass is 322 g/mol. The fraction of sp³-hybridized carbons (Fsp3) is 0.0625. The Bertz CT molecular complexity index is 709. The average molecular weight is 323 g/mol. The van der Waals surface area contributed by atoms with Gasteiger partial charge in [-0.1, -0.05) is 35.3 Å². The van der Waals surface area contributed by atoms with Gasteiger partial charge in [0.2, 0.25) is 0 Å². The molecule has 0 unspecified atom stereocenters. The van der Waals surface area contributed by atoms with Gasteiger partial charge in [-0.2, -0.15) is 0 Å². The number of aliphatic carboxylic acids is 1. The first-order valence-corrected chi connectivity index (χ1v) is 6.86. The summed E-state index contributed by atoms with van der Waals surface area (Å²) >= 11 is 12.1. The first-order valence-electron chi connectivity index (χ1n) is 6.11. The highest BCUT2D eigenvalue weighted by atomic mass is 35.5. The molecule has 5 heteroatoms. The Hall–Kier alpha value is -1.97. The van der Waals surface area contributed by atoms with E-state index in [1.807, 2.05) is 6.92 Å². The summed E-state index contributed by atoms with van der Waals surface area (Å²) in [6.07, 6.45) is 2.47. The van der Waals surface area contributed by atoms with Crippen LogP contribution in [-0.4, -0.2) is 11.1 Å². The molecule has 108 valence electrons. The Labute approximate surface area is 132 Å². The number of halogens is 2. The van der Waals surface area contributed by atoms with Crippen molar-refractivity contribution in [1.82, 2.24) is 0 Å². The number of carboxylic acids is 1. The topological polar surface area (TPSA) is 46.5 Å². The molecule has 0 radical (unpaired) electrons. The lowest BCUT2D eigenvalue weighted by atomic mass is 10.1. The third-order valence-corrected chi connectivity index (χ3v) is 3.28. The summed E-state index contributed by atoms with van der Waals surface area (Å²) in [6.45, 7) is 1.87. The standard InChI is InChI=1S/C16H12Cl2O3/c1-10-9-12(17)6-7-14(10)21-16-11(5-8-15(19)20)3-2-4-13(16)18/h2-9H,1H3,(H,19,20)/b8-5+. The van der Waals surface area contributed by atoms with E-state index in [1.165, 1.54) is 6.08 Å². The lowest BCUT2D eigenvalue weighted by molar-refractivity contribution is -0.131. The molecule has 2 rings (SSSR count). The van der Waals surface area contributed by atoms with Crippen LogP contribution >= 0.6 is 23.2 Å². The van der Waals surface area contributed by atoms with E-state index in [-0.39, 0.29) is 0 Å². The second-order valence-electron chi connectivity index (χ2n) is 4.34. The predicted molar refractivity (Wildman–Crippen MR) is 84.4 cm³/mol. The zero-order chi connectivity index (χ0) is 15.4. The van der Waals surface area contributed by atoms with Crippen LogP contribution in [-0.2, 0) is 4.79 Å². The molecule has 0 atom stereocenters. The summed E-state index contributed by atoms with van der Waals surface area (Å²) in [7, 11) is 0. The number of rotatable bonds is 4. The SMILES string of the molecule is Cc1cc(Cl)ccc1Oc1c(Cl)cccc1/C=C/C(=O)O. The van der Waals surface area contributed by atoms with Crippen molar-refractivity contribution in [3.8, 4) is 11.5 Å². The summed E-state index contributed by atoms with van der Waals surface area (Å²) in [4.78, 5) is 10.6. The highest BCUT2D eigenvalue weighted by molar-refractivity contribution is 6.32. The quantitative estimate of drug-likeness (QED) is 0.787. The largest absolute Gasteiger partial charge is 0.478 e. The van der Waals surface area contributed by atoms with Crippen molar-refractivity contribution in [2.24, 2.45) is 0 Å². The molecule has 0 aliphatic rings. The first kappa shape index (κ1) is 15.4. The lowest BCUT2D eigenvalue weighted by Gasteiger charge is -2.12. The van der Waals surface area contributed by atoms with E-state index >= 15 is 0 Å². The van der Waals surface area contributed by atoms with Gasteiger partial charge in [0.25, 0.3) is 0 Å². The molecule has 2 aromatic carbocycles. The maximum absolute atomic E-state index is 10.6. The third-order valence-electron chi connectivity index (χ3n) is 2.75. The average Bonchev–Trinajstić information content (AvgIpc) is 2.42. The van der Waals surface area contributed by atoms with E-state index in [0.29, 0.717) is 27.1 Å². The van der Waals surface area contributed by atoms with Crippen molar-refractivity contribution in [1.29, 1.82) is 0 Å². The van der Waals surface area contributed by atoms with Crippen molar-refractivity contribution >= 4 is 35.2 Å². The molecule has 0 aliphatic carbocycles. The van der Waals surface area contributed by atoms with Crippen LogP contribution < -0.4 is 4.74 Å². The Balaban J connectivity index is 2.41. The molecule has 0 aromatic heterocycles. The number of hydrogen-bond donors (Lipinski definition) is 1. The second-order valence-corrected chi connectivity index (χ2v) is 5.19. The number of hydrogen-bond acceptors (Lipinski definition) is 2. The maximum atomic E-state index is 10.6. The lowest BCUT2D eigenvalue weighted by Crippen LogP contribution is -1.92. The van der Waals surface area contributed by atoms with Crippen molar-refractivity contribution < 1.29 is 14.6 Å². The molecule has 0 saturated carbocycles. The predicted octanol–water partition coefficient (Wildman–Crippen LogP) is 5.19. The van der Waals surface area contributed by atoms with Gasteiger partial charge < -0.3 is 9.84 Å². The highest BCUT2D eigenvalue weighted by Crippen LogP contribution is 2.35. The van der Waals surface area contributed by atoms with E-state index in [1.54, 1.807) is 36.4 Å². The second kappa shape index (κ2) is 6.66. The van der Waals surface area contributed by atoms with Gasteiger partial charge in [0.15, 0.2) is 5.75 Å². The highest BCUT2D eigenvalue weighted by Gasteiger charge is 2.10. The van der Waals surface area contributed by atoms with Gasteiger partial charge in [0.05, 0.1) is 5.02 Å². The third kappa shape index (κ3) is 4.00. The number of carboxylic acid groups (broad SMARTS) is 1. The molecule has 0 fully saturated rings. The van der Waals surface area contributed by atoms with Crippen LogP contribution in [0.25, 0.3) is 6.08 Å². The molecule has 1 N–H and O–H groups in total. The van der Waals surface area contributed by atoms with Crippen LogP contribution in [0.2, 0.25) is 10.0 Å². The van der Waals surface area contributed by atoms with E-state index in [2.05, 4.69) is 0 Å². The Kier molecular flexibility index (Phi) is 4.89. The Morgan fingerprint density at radius 3 is 2.67 bits per heavy atom. The Morgan fingerprint density at radius 2 is 2.00 bits per heavy atom. The van der Waals surface area contributed by atoms with Crippen LogP contribution in [0.1, 0.15) is 11.1 Å². The van der Waals surface area contributed by atoms with E-state index in [9.17, 15) is 4.79 Å². The molecule has 0 bridgehead atoms. The molecule has 0 amide bonds. The van der Waals surface area contributed by atoms with Crippen LogP contribution in [0.3, 0.4) is 0 Å². The zero-order valence-corrected chi connectivity index (χ0v) is 12.7. The smallest absolute Gasteiger partial charge is 0.328 e. The molecule has 3 nitrogen and oxygen atoms in total. The minimum absolute atomic E-state index is 0.400. The molecular weight excluding hydrogens is 311 g/mol.